The summed E-state index contributed by atoms with van der Waals surface area (Å²) in [6.45, 7) is 7.53. The van der Waals surface area contributed by atoms with Crippen LogP contribution in [0, 0.1) is 5.92 Å². The maximum absolute atomic E-state index is 5.23. The van der Waals surface area contributed by atoms with Gasteiger partial charge in [-0.05, 0) is 25.0 Å². The Kier molecular flexibility index (Phi) is 4.03. The van der Waals surface area contributed by atoms with Gasteiger partial charge in [0, 0.05) is 6.04 Å². The Morgan fingerprint density at radius 2 is 2.23 bits per heavy atom. The lowest BCUT2D eigenvalue weighted by Crippen LogP contribution is -2.31. The second kappa shape index (κ2) is 5.07. The van der Waals surface area contributed by atoms with Crippen molar-refractivity contribution < 1.29 is 4.42 Å². The molecule has 1 heterocycles. The average Bonchev–Trinajstić information content (AvgIpc) is 2.65. The Hall–Kier alpha value is -0.760. The van der Waals surface area contributed by atoms with Gasteiger partial charge in [0.25, 0.3) is 0 Å². The first kappa shape index (κ1) is 10.3. The molecule has 2 atom stereocenters. The van der Waals surface area contributed by atoms with Gasteiger partial charge in [0.2, 0.25) is 0 Å². The summed E-state index contributed by atoms with van der Waals surface area (Å²) in [4.78, 5) is 0. The third-order valence-electron chi connectivity index (χ3n) is 2.68. The zero-order chi connectivity index (χ0) is 9.68. The molecule has 2 heteroatoms. The summed E-state index contributed by atoms with van der Waals surface area (Å²) in [5, 5.41) is 3.44. The minimum Gasteiger partial charge on any atom is -0.468 e. The van der Waals surface area contributed by atoms with Gasteiger partial charge < -0.3 is 9.73 Å². The van der Waals surface area contributed by atoms with E-state index < -0.39 is 0 Å². The summed E-state index contributed by atoms with van der Waals surface area (Å²) in [6.07, 6.45) is 2.93. The van der Waals surface area contributed by atoms with Crippen molar-refractivity contribution in [1.29, 1.82) is 0 Å². The minimum absolute atomic E-state index is 0.551. The van der Waals surface area contributed by atoms with Crippen LogP contribution in [-0.4, -0.2) is 6.04 Å². The number of furan rings is 1. The molecule has 1 aromatic heterocycles. The van der Waals surface area contributed by atoms with Gasteiger partial charge in [0.15, 0.2) is 0 Å². The Morgan fingerprint density at radius 1 is 1.46 bits per heavy atom. The molecule has 1 aromatic rings. The van der Waals surface area contributed by atoms with Gasteiger partial charge in [0.05, 0.1) is 12.8 Å². The summed E-state index contributed by atoms with van der Waals surface area (Å²) in [6, 6.07) is 4.47. The lowest BCUT2D eigenvalue weighted by Gasteiger charge is -2.18. The molecule has 0 fully saturated rings. The van der Waals surface area contributed by atoms with Gasteiger partial charge >= 0.3 is 0 Å². The maximum atomic E-state index is 5.23. The summed E-state index contributed by atoms with van der Waals surface area (Å²) >= 11 is 0. The van der Waals surface area contributed by atoms with E-state index in [1.54, 1.807) is 6.26 Å². The van der Waals surface area contributed by atoms with E-state index in [1.165, 1.54) is 6.42 Å². The van der Waals surface area contributed by atoms with Crippen molar-refractivity contribution in [3.63, 3.8) is 0 Å². The second-order valence-electron chi connectivity index (χ2n) is 3.63. The quantitative estimate of drug-likeness (QED) is 0.755. The van der Waals surface area contributed by atoms with Crippen molar-refractivity contribution in [2.45, 2.75) is 39.8 Å². The van der Waals surface area contributed by atoms with Crippen molar-refractivity contribution in [2.24, 2.45) is 5.92 Å². The summed E-state index contributed by atoms with van der Waals surface area (Å²) in [5.41, 5.74) is 0. The molecule has 1 N–H and O–H groups in total. The van der Waals surface area contributed by atoms with Gasteiger partial charge in [-0.25, -0.2) is 0 Å². The van der Waals surface area contributed by atoms with E-state index >= 15 is 0 Å². The predicted octanol–water partition coefficient (Wildman–Crippen LogP) is 2.80. The molecular weight excluding hydrogens is 162 g/mol. The van der Waals surface area contributed by atoms with Crippen LogP contribution in [0.1, 0.15) is 33.0 Å². The van der Waals surface area contributed by atoms with Crippen LogP contribution in [0.2, 0.25) is 0 Å². The molecule has 0 spiro atoms. The second-order valence-corrected chi connectivity index (χ2v) is 3.63. The Morgan fingerprint density at radius 3 is 2.77 bits per heavy atom. The highest BCUT2D eigenvalue weighted by Gasteiger charge is 2.09. The van der Waals surface area contributed by atoms with E-state index in [0.29, 0.717) is 6.04 Å². The fraction of sp³-hybridized carbons (Fsp3) is 0.636. The van der Waals surface area contributed by atoms with E-state index in [9.17, 15) is 0 Å². The molecule has 2 nitrogen and oxygen atoms in total. The van der Waals surface area contributed by atoms with E-state index in [-0.39, 0.29) is 0 Å². The first-order chi connectivity index (χ1) is 6.24. The highest BCUT2D eigenvalue weighted by molar-refractivity contribution is 4.97. The summed E-state index contributed by atoms with van der Waals surface area (Å²) in [5.74, 6) is 1.73. The van der Waals surface area contributed by atoms with E-state index in [2.05, 4.69) is 26.1 Å². The molecule has 74 valence electrons. The van der Waals surface area contributed by atoms with Gasteiger partial charge in [-0.15, -0.1) is 0 Å². The van der Waals surface area contributed by atoms with Crippen LogP contribution in [0.4, 0.5) is 0 Å². The number of rotatable bonds is 5. The standard InChI is InChI=1S/C11H19NO/c1-4-9(2)10(3)12-8-11-6-5-7-13-11/h5-7,9-10,12H,4,8H2,1-3H3. The van der Waals surface area contributed by atoms with Gasteiger partial charge in [-0.2, -0.15) is 0 Å². The fourth-order valence-corrected chi connectivity index (χ4v) is 1.23. The largest absolute Gasteiger partial charge is 0.468 e. The van der Waals surface area contributed by atoms with Crippen molar-refractivity contribution in [3.8, 4) is 0 Å². The monoisotopic (exact) mass is 181 g/mol. The molecule has 0 aromatic carbocycles. The van der Waals surface area contributed by atoms with Crippen LogP contribution in [0.3, 0.4) is 0 Å². The van der Waals surface area contributed by atoms with E-state index in [0.717, 1.165) is 18.2 Å². The first-order valence-corrected chi connectivity index (χ1v) is 4.99. The highest BCUT2D eigenvalue weighted by Crippen LogP contribution is 2.08. The van der Waals surface area contributed by atoms with Gasteiger partial charge in [0.1, 0.15) is 5.76 Å². The van der Waals surface area contributed by atoms with Crippen LogP contribution in [0.5, 0.6) is 0 Å². The molecule has 0 amide bonds. The molecule has 0 aliphatic heterocycles. The van der Waals surface area contributed by atoms with Crippen molar-refractivity contribution in [1.82, 2.24) is 5.32 Å². The molecule has 0 bridgehead atoms. The molecule has 0 aliphatic carbocycles. The molecule has 0 saturated carbocycles. The third-order valence-corrected chi connectivity index (χ3v) is 2.68. The summed E-state index contributed by atoms with van der Waals surface area (Å²) in [7, 11) is 0. The SMILES string of the molecule is CCC(C)C(C)NCc1ccco1. The lowest BCUT2D eigenvalue weighted by molar-refractivity contribution is 0.370. The smallest absolute Gasteiger partial charge is 0.117 e. The van der Waals surface area contributed by atoms with Gasteiger partial charge in [-0.1, -0.05) is 20.3 Å². The lowest BCUT2D eigenvalue weighted by atomic mass is 10.0. The Bertz CT molecular complexity index is 218. The number of hydrogen-bond acceptors (Lipinski definition) is 2. The van der Waals surface area contributed by atoms with Crippen LogP contribution in [-0.2, 0) is 6.54 Å². The fourth-order valence-electron chi connectivity index (χ4n) is 1.23. The number of hydrogen-bond donors (Lipinski definition) is 1. The normalized spacial score (nSPS) is 15.6. The number of nitrogens with one attached hydrogen (secondary N) is 1. The van der Waals surface area contributed by atoms with Crippen LogP contribution in [0.25, 0.3) is 0 Å². The summed E-state index contributed by atoms with van der Waals surface area (Å²) < 4.78 is 5.23. The average molecular weight is 181 g/mol. The van der Waals surface area contributed by atoms with E-state index in [1.807, 2.05) is 12.1 Å². The van der Waals surface area contributed by atoms with Crippen LogP contribution < -0.4 is 5.32 Å². The van der Waals surface area contributed by atoms with Crippen molar-refractivity contribution >= 4 is 0 Å². The molecular formula is C11H19NO. The molecule has 0 saturated heterocycles. The predicted molar refractivity (Wildman–Crippen MR) is 54.5 cm³/mol. The van der Waals surface area contributed by atoms with Crippen LogP contribution in [0.15, 0.2) is 22.8 Å². The molecule has 0 aliphatic rings. The first-order valence-electron chi connectivity index (χ1n) is 4.99. The molecule has 13 heavy (non-hydrogen) atoms. The zero-order valence-electron chi connectivity index (χ0n) is 8.71. The zero-order valence-corrected chi connectivity index (χ0v) is 8.71. The molecule has 1 rings (SSSR count). The minimum atomic E-state index is 0.551. The van der Waals surface area contributed by atoms with E-state index in [4.69, 9.17) is 4.42 Å². The van der Waals surface area contributed by atoms with Crippen molar-refractivity contribution in [2.75, 3.05) is 0 Å². The third kappa shape index (κ3) is 3.23. The molecule has 2 unspecified atom stereocenters. The molecule has 0 radical (unpaired) electrons. The highest BCUT2D eigenvalue weighted by atomic mass is 16.3. The van der Waals surface area contributed by atoms with Crippen molar-refractivity contribution in [3.05, 3.63) is 24.2 Å². The van der Waals surface area contributed by atoms with Gasteiger partial charge in [-0.3, -0.25) is 0 Å². The topological polar surface area (TPSA) is 25.2 Å². The Labute approximate surface area is 80.3 Å². The Balaban J connectivity index is 2.26. The maximum Gasteiger partial charge on any atom is 0.117 e. The van der Waals surface area contributed by atoms with Crippen LogP contribution >= 0.6 is 0 Å².